The number of nitrogens with two attached hydrogens (primary N) is 1. The van der Waals surface area contributed by atoms with Gasteiger partial charge in [0.05, 0.1) is 11.3 Å². The molecule has 2 fully saturated rings. The molecule has 1 aliphatic carbocycles. The van der Waals surface area contributed by atoms with Crippen molar-refractivity contribution in [2.45, 2.75) is 37.4 Å². The van der Waals surface area contributed by atoms with Crippen LogP contribution < -0.4 is 5.73 Å². The van der Waals surface area contributed by atoms with Crippen LogP contribution in [0.25, 0.3) is 0 Å². The molecule has 0 radical (unpaired) electrons. The van der Waals surface area contributed by atoms with Crippen molar-refractivity contribution in [3.05, 3.63) is 35.1 Å². The number of amides is 1. The number of rotatable bonds is 2. The highest BCUT2D eigenvalue weighted by Gasteiger charge is 2.57. The van der Waals surface area contributed by atoms with Gasteiger partial charge < -0.3 is 10.6 Å². The predicted molar refractivity (Wildman–Crippen MR) is 83.4 cm³/mol. The molecule has 0 unspecified atom stereocenters. The van der Waals surface area contributed by atoms with Crippen LogP contribution >= 0.6 is 12.4 Å². The fourth-order valence-corrected chi connectivity index (χ4v) is 3.49. The zero-order chi connectivity index (χ0) is 17.0. The van der Waals surface area contributed by atoms with E-state index < -0.39 is 35.9 Å². The number of benzene rings is 1. The van der Waals surface area contributed by atoms with Gasteiger partial charge in [-0.25, -0.2) is 4.39 Å². The number of hydrogen-bond acceptors (Lipinski definition) is 2. The van der Waals surface area contributed by atoms with E-state index in [0.29, 0.717) is 24.0 Å². The molecule has 0 bridgehead atoms. The van der Waals surface area contributed by atoms with Gasteiger partial charge >= 0.3 is 6.18 Å². The Kier molecular flexibility index (Phi) is 4.89. The highest BCUT2D eigenvalue weighted by atomic mass is 35.5. The third kappa shape index (κ3) is 2.99. The minimum Gasteiger partial charge on any atom is -0.340 e. The van der Waals surface area contributed by atoms with E-state index in [-0.39, 0.29) is 24.9 Å². The van der Waals surface area contributed by atoms with Crippen LogP contribution in [-0.2, 0) is 10.2 Å². The van der Waals surface area contributed by atoms with Crippen molar-refractivity contribution >= 4 is 18.3 Å². The molecule has 24 heavy (non-hydrogen) atoms. The van der Waals surface area contributed by atoms with Gasteiger partial charge in [0.15, 0.2) is 0 Å². The minimum absolute atomic E-state index is 0. The third-order valence-electron chi connectivity index (χ3n) is 5.02. The van der Waals surface area contributed by atoms with Crippen LogP contribution in [0.5, 0.6) is 0 Å². The summed E-state index contributed by atoms with van der Waals surface area (Å²) in [6.45, 7) is 1.06. The summed E-state index contributed by atoms with van der Waals surface area (Å²) in [4.78, 5) is 14.0. The fraction of sp³-hybridized carbons (Fsp3) is 0.562. The molecule has 1 aromatic carbocycles. The van der Waals surface area contributed by atoms with E-state index in [1.165, 1.54) is 17.0 Å². The molecular formula is C16H19ClF4N2O. The lowest BCUT2D eigenvalue weighted by atomic mass is 9.90. The molecule has 3 rings (SSSR count). The molecule has 1 saturated carbocycles. The number of nitrogens with zero attached hydrogens (tertiary/aromatic N) is 1. The van der Waals surface area contributed by atoms with E-state index in [0.717, 1.165) is 0 Å². The SMILES string of the molecule is Cc1c(F)cccc1C1(C(=O)N2C[C@@H](N)[C@H](C(F)(F)F)C2)CC1.Cl. The summed E-state index contributed by atoms with van der Waals surface area (Å²) in [7, 11) is 0. The summed E-state index contributed by atoms with van der Waals surface area (Å²) in [5, 5.41) is 0. The van der Waals surface area contributed by atoms with Gasteiger partial charge in [0.25, 0.3) is 0 Å². The lowest BCUT2D eigenvalue weighted by Crippen LogP contribution is -2.39. The maximum atomic E-state index is 13.8. The molecule has 0 aromatic heterocycles. The molecule has 3 nitrogen and oxygen atoms in total. The standard InChI is InChI=1S/C16H18F4N2O.ClH/c1-9-10(3-2-4-12(9)17)15(5-6-15)14(23)22-7-11(13(21)8-22)16(18,19)20;/h2-4,11,13H,5-8,21H2,1H3;1H/t11-,13-;/m1./s1. The van der Waals surface area contributed by atoms with Gasteiger partial charge in [0.1, 0.15) is 5.82 Å². The summed E-state index contributed by atoms with van der Waals surface area (Å²) in [5.74, 6) is -2.47. The third-order valence-corrected chi connectivity index (χ3v) is 5.02. The average Bonchev–Trinajstić information content (AvgIpc) is 3.16. The molecule has 2 N–H and O–H groups in total. The number of hydrogen-bond donors (Lipinski definition) is 1. The largest absolute Gasteiger partial charge is 0.395 e. The Labute approximate surface area is 143 Å². The first kappa shape index (κ1) is 19.0. The van der Waals surface area contributed by atoms with Gasteiger partial charge in [-0.3, -0.25) is 4.79 Å². The fourth-order valence-electron chi connectivity index (χ4n) is 3.49. The number of carbonyl (C=O) groups is 1. The summed E-state index contributed by atoms with van der Waals surface area (Å²) >= 11 is 0. The van der Waals surface area contributed by atoms with Gasteiger partial charge in [-0.1, -0.05) is 12.1 Å². The molecule has 2 aliphatic rings. The highest BCUT2D eigenvalue weighted by molar-refractivity contribution is 5.92. The lowest BCUT2D eigenvalue weighted by molar-refractivity contribution is -0.173. The van der Waals surface area contributed by atoms with Crippen LogP contribution in [0.15, 0.2) is 18.2 Å². The number of likely N-dealkylation sites (tertiary alicyclic amines) is 1. The second-order valence-corrected chi connectivity index (χ2v) is 6.52. The van der Waals surface area contributed by atoms with Gasteiger partial charge in [-0.15, -0.1) is 12.4 Å². The zero-order valence-corrected chi connectivity index (χ0v) is 13.9. The van der Waals surface area contributed by atoms with Crippen molar-refractivity contribution < 1.29 is 22.4 Å². The Morgan fingerprint density at radius 3 is 2.42 bits per heavy atom. The van der Waals surface area contributed by atoms with Gasteiger partial charge in [-0.05, 0) is 37.0 Å². The minimum atomic E-state index is -4.42. The van der Waals surface area contributed by atoms with Crippen molar-refractivity contribution in [3.8, 4) is 0 Å². The lowest BCUT2D eigenvalue weighted by Gasteiger charge is -2.25. The smallest absolute Gasteiger partial charge is 0.340 e. The summed E-state index contributed by atoms with van der Waals surface area (Å²) < 4.78 is 52.6. The molecule has 2 atom stereocenters. The van der Waals surface area contributed by atoms with E-state index >= 15 is 0 Å². The Hall–Kier alpha value is -1.34. The van der Waals surface area contributed by atoms with Gasteiger partial charge in [0, 0.05) is 19.1 Å². The van der Waals surface area contributed by atoms with Crippen molar-refractivity contribution in [1.29, 1.82) is 0 Å². The van der Waals surface area contributed by atoms with E-state index in [9.17, 15) is 22.4 Å². The first-order valence-corrected chi connectivity index (χ1v) is 7.54. The number of carbonyl (C=O) groups excluding carboxylic acids is 1. The van der Waals surface area contributed by atoms with Crippen LogP contribution in [-0.4, -0.2) is 36.1 Å². The Morgan fingerprint density at radius 2 is 1.92 bits per heavy atom. The Morgan fingerprint density at radius 1 is 1.29 bits per heavy atom. The van der Waals surface area contributed by atoms with Crippen LogP contribution in [0.4, 0.5) is 17.6 Å². The first-order chi connectivity index (χ1) is 10.7. The van der Waals surface area contributed by atoms with Crippen LogP contribution in [0, 0.1) is 18.7 Å². The normalized spacial score (nSPS) is 25.3. The van der Waals surface area contributed by atoms with Gasteiger partial charge in [-0.2, -0.15) is 13.2 Å². The molecule has 8 heteroatoms. The van der Waals surface area contributed by atoms with E-state index in [4.69, 9.17) is 5.73 Å². The summed E-state index contributed by atoms with van der Waals surface area (Å²) in [6.07, 6.45) is -3.36. The van der Waals surface area contributed by atoms with Crippen molar-refractivity contribution in [1.82, 2.24) is 4.90 Å². The topological polar surface area (TPSA) is 46.3 Å². The molecule has 134 valence electrons. The number of alkyl halides is 3. The van der Waals surface area contributed by atoms with Crippen LogP contribution in [0.3, 0.4) is 0 Å². The molecular weight excluding hydrogens is 348 g/mol. The monoisotopic (exact) mass is 366 g/mol. The zero-order valence-electron chi connectivity index (χ0n) is 13.1. The van der Waals surface area contributed by atoms with Crippen LogP contribution in [0.2, 0.25) is 0 Å². The average molecular weight is 367 g/mol. The molecule has 0 spiro atoms. The molecule has 1 amide bonds. The molecule has 1 aromatic rings. The second-order valence-electron chi connectivity index (χ2n) is 6.52. The Balaban J connectivity index is 0.00000208. The molecule has 1 aliphatic heterocycles. The summed E-state index contributed by atoms with van der Waals surface area (Å²) in [6, 6.07) is 3.41. The van der Waals surface area contributed by atoms with Crippen molar-refractivity contribution in [2.24, 2.45) is 11.7 Å². The highest BCUT2D eigenvalue weighted by Crippen LogP contribution is 2.51. The quantitative estimate of drug-likeness (QED) is 0.818. The maximum absolute atomic E-state index is 13.8. The van der Waals surface area contributed by atoms with E-state index in [1.807, 2.05) is 0 Å². The second kappa shape index (κ2) is 6.19. The van der Waals surface area contributed by atoms with Crippen LogP contribution in [0.1, 0.15) is 24.0 Å². The van der Waals surface area contributed by atoms with E-state index in [1.54, 1.807) is 13.0 Å². The maximum Gasteiger partial charge on any atom is 0.395 e. The predicted octanol–water partition coefficient (Wildman–Crippen LogP) is 2.94. The van der Waals surface area contributed by atoms with Crippen molar-refractivity contribution in [3.63, 3.8) is 0 Å². The molecule has 1 heterocycles. The first-order valence-electron chi connectivity index (χ1n) is 7.54. The van der Waals surface area contributed by atoms with Gasteiger partial charge in [0.2, 0.25) is 5.91 Å². The van der Waals surface area contributed by atoms with Crippen molar-refractivity contribution in [2.75, 3.05) is 13.1 Å². The van der Waals surface area contributed by atoms with E-state index in [2.05, 4.69) is 0 Å². The molecule has 1 saturated heterocycles. The summed E-state index contributed by atoms with van der Waals surface area (Å²) in [5.41, 5.74) is 5.65. The number of halogens is 5. The Bertz CT molecular complexity index is 645.